The molecule has 0 radical (unpaired) electrons. The number of fused-ring (bicyclic) bond motifs is 1. The lowest BCUT2D eigenvalue weighted by molar-refractivity contribution is -0.277. The van der Waals surface area contributed by atoms with Gasteiger partial charge in [0.2, 0.25) is 23.2 Å². The van der Waals surface area contributed by atoms with Crippen molar-refractivity contribution in [3.8, 4) is 45.8 Å². The quantitative estimate of drug-likeness (QED) is 0.266. The van der Waals surface area contributed by atoms with Crippen LogP contribution >= 0.6 is 0 Å². The molecule has 2 heterocycles. The first-order chi connectivity index (χ1) is 18.2. The summed E-state index contributed by atoms with van der Waals surface area (Å²) < 4.78 is 38.5. The van der Waals surface area contributed by atoms with Gasteiger partial charge < -0.3 is 58.4 Å². The van der Waals surface area contributed by atoms with Crippen LogP contribution in [0.25, 0.3) is 22.3 Å². The van der Waals surface area contributed by atoms with E-state index >= 15 is 0 Å². The molecule has 0 aliphatic carbocycles. The molecule has 13 nitrogen and oxygen atoms in total. The number of aromatic hydroxyl groups is 1. The van der Waals surface area contributed by atoms with Gasteiger partial charge in [-0.05, 0) is 18.2 Å². The Morgan fingerprint density at radius 2 is 1.53 bits per heavy atom. The van der Waals surface area contributed by atoms with Crippen molar-refractivity contribution in [1.29, 1.82) is 0 Å². The zero-order chi connectivity index (χ0) is 27.7. The number of benzene rings is 2. The first kappa shape index (κ1) is 27.3. The molecule has 5 N–H and O–H groups in total. The number of ether oxygens (including phenoxy) is 6. The van der Waals surface area contributed by atoms with E-state index in [4.69, 9.17) is 32.8 Å². The lowest BCUT2D eigenvalue weighted by atomic mass is 9.99. The molecule has 2 aromatic carbocycles. The Bertz CT molecular complexity index is 1370. The van der Waals surface area contributed by atoms with E-state index in [1.807, 2.05) is 0 Å². The number of hydrogen-bond donors (Lipinski definition) is 5. The molecule has 206 valence electrons. The van der Waals surface area contributed by atoms with Gasteiger partial charge in [0, 0.05) is 11.6 Å². The van der Waals surface area contributed by atoms with Crippen molar-refractivity contribution in [3.63, 3.8) is 0 Å². The lowest BCUT2D eigenvalue weighted by Crippen LogP contribution is -2.60. The average Bonchev–Trinajstić information content (AvgIpc) is 2.93. The molecule has 1 aliphatic heterocycles. The predicted molar refractivity (Wildman–Crippen MR) is 130 cm³/mol. The van der Waals surface area contributed by atoms with Gasteiger partial charge in [-0.3, -0.25) is 4.79 Å². The van der Waals surface area contributed by atoms with Crippen LogP contribution in [-0.2, 0) is 4.74 Å². The van der Waals surface area contributed by atoms with Crippen LogP contribution in [0, 0.1) is 0 Å². The maximum absolute atomic E-state index is 13.5. The van der Waals surface area contributed by atoms with Crippen molar-refractivity contribution in [2.75, 3.05) is 35.0 Å². The number of aliphatic hydroxyl groups excluding tert-OH is 4. The highest BCUT2D eigenvalue weighted by molar-refractivity contribution is 5.93. The fourth-order valence-electron chi connectivity index (χ4n) is 4.18. The molecule has 1 aromatic heterocycles. The van der Waals surface area contributed by atoms with Crippen molar-refractivity contribution < 1.29 is 58.4 Å². The summed E-state index contributed by atoms with van der Waals surface area (Å²) in [7, 11) is 5.42. The molecule has 5 atom stereocenters. The van der Waals surface area contributed by atoms with Crippen LogP contribution in [0.1, 0.15) is 0 Å². The summed E-state index contributed by atoms with van der Waals surface area (Å²) >= 11 is 0. The van der Waals surface area contributed by atoms with Gasteiger partial charge in [0.1, 0.15) is 35.6 Å². The highest BCUT2D eigenvalue weighted by Gasteiger charge is 2.45. The van der Waals surface area contributed by atoms with Gasteiger partial charge in [-0.25, -0.2) is 0 Å². The Hall–Kier alpha value is -3.75. The van der Waals surface area contributed by atoms with E-state index in [0.29, 0.717) is 17.1 Å². The number of phenols is 1. The summed E-state index contributed by atoms with van der Waals surface area (Å²) in [6.07, 6.45) is -8.01. The molecule has 0 saturated carbocycles. The van der Waals surface area contributed by atoms with Crippen LogP contribution in [0.4, 0.5) is 0 Å². The minimum Gasteiger partial charge on any atom is -0.507 e. The minimum atomic E-state index is -1.77. The number of methoxy groups -OCH3 is 4. The highest BCUT2D eigenvalue weighted by atomic mass is 16.7. The third kappa shape index (κ3) is 4.54. The SMILES string of the molecule is COc1ccc(-c2oc3c(OC4OC(CO)C(O)C(O)C4O)c(OC)cc(O)c3c(=O)c2OC)cc1OC. The monoisotopic (exact) mass is 536 g/mol. The maximum Gasteiger partial charge on any atom is 0.239 e. The van der Waals surface area contributed by atoms with E-state index in [-0.39, 0.29) is 34.0 Å². The number of hydrogen-bond acceptors (Lipinski definition) is 13. The molecule has 0 amide bonds. The summed E-state index contributed by atoms with van der Waals surface area (Å²) in [4.78, 5) is 13.5. The van der Waals surface area contributed by atoms with Crippen molar-refractivity contribution >= 4 is 11.0 Å². The zero-order valence-corrected chi connectivity index (χ0v) is 20.9. The van der Waals surface area contributed by atoms with Crippen LogP contribution in [0.3, 0.4) is 0 Å². The first-order valence-corrected chi connectivity index (χ1v) is 11.3. The second kappa shape index (κ2) is 10.9. The van der Waals surface area contributed by atoms with Crippen molar-refractivity contribution in [1.82, 2.24) is 0 Å². The van der Waals surface area contributed by atoms with Gasteiger partial charge in [-0.2, -0.15) is 0 Å². The van der Waals surface area contributed by atoms with E-state index in [2.05, 4.69) is 0 Å². The number of rotatable bonds is 8. The van der Waals surface area contributed by atoms with Gasteiger partial charge in [-0.15, -0.1) is 0 Å². The van der Waals surface area contributed by atoms with E-state index in [1.54, 1.807) is 18.2 Å². The van der Waals surface area contributed by atoms with Crippen LogP contribution in [0.5, 0.6) is 34.5 Å². The second-order valence-corrected chi connectivity index (χ2v) is 8.31. The zero-order valence-electron chi connectivity index (χ0n) is 20.9. The van der Waals surface area contributed by atoms with E-state index in [0.717, 1.165) is 6.07 Å². The summed E-state index contributed by atoms with van der Waals surface area (Å²) in [5.41, 5.74) is -0.702. The predicted octanol–water partition coefficient (Wildman–Crippen LogP) is 0.379. The van der Waals surface area contributed by atoms with Gasteiger partial charge >= 0.3 is 0 Å². The van der Waals surface area contributed by atoms with Crippen molar-refractivity contribution in [2.45, 2.75) is 30.7 Å². The Kier molecular flexibility index (Phi) is 7.85. The molecule has 5 unspecified atom stereocenters. The third-order valence-corrected chi connectivity index (χ3v) is 6.18. The molecular weight excluding hydrogens is 508 g/mol. The number of aliphatic hydroxyl groups is 4. The smallest absolute Gasteiger partial charge is 0.239 e. The van der Waals surface area contributed by atoms with Crippen LogP contribution < -0.4 is 29.1 Å². The second-order valence-electron chi connectivity index (χ2n) is 8.31. The molecule has 38 heavy (non-hydrogen) atoms. The van der Waals surface area contributed by atoms with Crippen LogP contribution in [0.15, 0.2) is 33.5 Å². The first-order valence-electron chi connectivity index (χ1n) is 11.3. The summed E-state index contributed by atoms with van der Waals surface area (Å²) in [6, 6.07) is 5.82. The topological polar surface area (TPSA) is 187 Å². The Balaban J connectivity index is 1.95. The van der Waals surface area contributed by atoms with Crippen molar-refractivity contribution in [2.24, 2.45) is 0 Å². The molecular formula is C25H28O13. The number of phenolic OH excluding ortho intramolecular Hbond substituents is 1. The molecule has 4 rings (SSSR count). The summed E-state index contributed by atoms with van der Waals surface area (Å²) in [5, 5.41) is 50.6. The Morgan fingerprint density at radius 3 is 2.13 bits per heavy atom. The van der Waals surface area contributed by atoms with Gasteiger partial charge in [0.15, 0.2) is 28.6 Å². The van der Waals surface area contributed by atoms with E-state index in [9.17, 15) is 30.3 Å². The molecule has 13 heteroatoms. The molecule has 1 saturated heterocycles. The largest absolute Gasteiger partial charge is 0.507 e. The summed E-state index contributed by atoms with van der Waals surface area (Å²) in [6.45, 7) is -0.687. The molecule has 0 spiro atoms. The van der Waals surface area contributed by atoms with E-state index in [1.165, 1.54) is 28.4 Å². The fourth-order valence-corrected chi connectivity index (χ4v) is 4.18. The van der Waals surface area contributed by atoms with Gasteiger partial charge in [0.05, 0.1) is 35.0 Å². The highest BCUT2D eigenvalue weighted by Crippen LogP contribution is 2.45. The standard InChI is InChI=1S/C25H28O13/c1-32-12-6-5-10(7-13(12)33-2)21-24(35-4)18(29)16-11(27)8-14(34-3)22(23(16)37-21)38-25-20(31)19(30)17(28)15(9-26)36-25/h5-8,15,17,19-20,25-28,30-31H,9H2,1-4H3. The molecule has 1 aliphatic rings. The lowest BCUT2D eigenvalue weighted by Gasteiger charge is -2.39. The van der Waals surface area contributed by atoms with Gasteiger partial charge in [-0.1, -0.05) is 0 Å². The molecule has 3 aromatic rings. The Labute approximate surface area is 215 Å². The van der Waals surface area contributed by atoms with Crippen molar-refractivity contribution in [3.05, 3.63) is 34.5 Å². The third-order valence-electron chi connectivity index (χ3n) is 6.18. The fraction of sp³-hybridized carbons (Fsp3) is 0.400. The summed E-state index contributed by atoms with van der Waals surface area (Å²) in [5.74, 6) is -0.430. The normalized spacial score (nSPS) is 23.2. The minimum absolute atomic E-state index is 0.0581. The van der Waals surface area contributed by atoms with Crippen LogP contribution in [0.2, 0.25) is 0 Å². The van der Waals surface area contributed by atoms with E-state index < -0.39 is 48.5 Å². The Morgan fingerprint density at radius 1 is 0.842 bits per heavy atom. The van der Waals surface area contributed by atoms with Crippen LogP contribution in [-0.4, -0.2) is 91.3 Å². The molecule has 0 bridgehead atoms. The van der Waals surface area contributed by atoms with Gasteiger partial charge in [0.25, 0.3) is 0 Å². The average molecular weight is 536 g/mol. The molecule has 1 fully saturated rings. The maximum atomic E-state index is 13.5.